The Morgan fingerprint density at radius 1 is 1.19 bits per heavy atom. The second-order valence-corrected chi connectivity index (χ2v) is 8.81. The van der Waals surface area contributed by atoms with E-state index in [-0.39, 0.29) is 0 Å². The van der Waals surface area contributed by atoms with Crippen molar-refractivity contribution in [2.24, 2.45) is 5.92 Å². The number of nitrogens with zero attached hydrogens (tertiary/aromatic N) is 4. The first-order valence-corrected chi connectivity index (χ1v) is 10.4. The van der Waals surface area contributed by atoms with Gasteiger partial charge in [0, 0.05) is 27.9 Å². The van der Waals surface area contributed by atoms with Crippen LogP contribution in [0.5, 0.6) is 0 Å². The Balaban J connectivity index is 1.50. The number of nitrogens with two attached hydrogens (primary N) is 1. The average Bonchev–Trinajstić information content (AvgIpc) is 2.93. The van der Waals surface area contributed by atoms with Gasteiger partial charge in [0.2, 0.25) is 0 Å². The van der Waals surface area contributed by atoms with Gasteiger partial charge in [-0.2, -0.15) is 0 Å². The molecule has 0 unspecified atom stereocenters. The van der Waals surface area contributed by atoms with Crippen LogP contribution in [0.3, 0.4) is 0 Å². The SMILES string of the molecule is Nc1ncnc2c1c(-c1cccc(I)c1)cn2C1CC(CN2CCC2)C1. The number of benzene rings is 1. The zero-order valence-electron chi connectivity index (χ0n) is 14.6. The molecule has 0 spiro atoms. The van der Waals surface area contributed by atoms with Crippen molar-refractivity contribution in [1.29, 1.82) is 0 Å². The molecule has 3 heterocycles. The molecule has 2 aliphatic rings. The van der Waals surface area contributed by atoms with Crippen molar-refractivity contribution in [3.8, 4) is 11.1 Å². The van der Waals surface area contributed by atoms with Crippen molar-refractivity contribution >= 4 is 39.4 Å². The molecule has 6 heteroatoms. The van der Waals surface area contributed by atoms with Gasteiger partial charge in [0.05, 0.1) is 5.39 Å². The third-order valence-electron chi connectivity index (χ3n) is 5.84. The summed E-state index contributed by atoms with van der Waals surface area (Å²) in [7, 11) is 0. The molecule has 0 atom stereocenters. The topological polar surface area (TPSA) is 60.0 Å². The Morgan fingerprint density at radius 2 is 2.04 bits per heavy atom. The molecule has 1 aliphatic carbocycles. The van der Waals surface area contributed by atoms with Crippen molar-refractivity contribution in [3.63, 3.8) is 0 Å². The number of hydrogen-bond donors (Lipinski definition) is 1. The van der Waals surface area contributed by atoms with Gasteiger partial charge in [-0.05, 0) is 78.6 Å². The summed E-state index contributed by atoms with van der Waals surface area (Å²) in [6, 6.07) is 9.05. The van der Waals surface area contributed by atoms with Gasteiger partial charge in [-0.15, -0.1) is 0 Å². The molecule has 0 amide bonds. The molecule has 0 radical (unpaired) electrons. The second-order valence-electron chi connectivity index (χ2n) is 7.56. The molecular formula is C20H22IN5. The van der Waals surface area contributed by atoms with Gasteiger partial charge in [0.25, 0.3) is 0 Å². The first-order chi connectivity index (χ1) is 12.7. The standard InChI is InChI=1S/C20H22IN5/c21-15-4-1-3-14(9-15)17-11-26(20-18(17)19(22)23-12-24-20)16-7-13(8-16)10-25-5-2-6-25/h1,3-4,9,11-13,16H,2,5-8,10H2,(H2,22,23,24). The van der Waals surface area contributed by atoms with Crippen LogP contribution in [0.15, 0.2) is 36.8 Å². The molecule has 2 aromatic heterocycles. The highest BCUT2D eigenvalue weighted by molar-refractivity contribution is 14.1. The average molecular weight is 459 g/mol. The van der Waals surface area contributed by atoms with Gasteiger partial charge in [-0.3, -0.25) is 0 Å². The fraction of sp³-hybridized carbons (Fsp3) is 0.400. The smallest absolute Gasteiger partial charge is 0.146 e. The van der Waals surface area contributed by atoms with Crippen LogP contribution < -0.4 is 5.73 Å². The van der Waals surface area contributed by atoms with Gasteiger partial charge in [0.15, 0.2) is 0 Å². The van der Waals surface area contributed by atoms with E-state index < -0.39 is 0 Å². The van der Waals surface area contributed by atoms with E-state index in [4.69, 9.17) is 5.73 Å². The number of nitrogen functional groups attached to an aromatic ring is 1. The Kier molecular flexibility index (Phi) is 4.12. The lowest BCUT2D eigenvalue weighted by atomic mass is 9.79. The highest BCUT2D eigenvalue weighted by Gasteiger charge is 2.34. The minimum atomic E-state index is 0.523. The molecule has 1 saturated carbocycles. The van der Waals surface area contributed by atoms with Gasteiger partial charge >= 0.3 is 0 Å². The maximum Gasteiger partial charge on any atom is 0.146 e. The largest absolute Gasteiger partial charge is 0.383 e. The molecule has 0 bridgehead atoms. The van der Waals surface area contributed by atoms with Crippen molar-refractivity contribution in [2.75, 3.05) is 25.4 Å². The first kappa shape index (κ1) is 16.5. The Labute approximate surface area is 166 Å². The zero-order chi connectivity index (χ0) is 17.7. The molecule has 1 aliphatic heterocycles. The van der Waals surface area contributed by atoms with E-state index in [1.807, 2.05) is 0 Å². The summed E-state index contributed by atoms with van der Waals surface area (Å²) in [6.45, 7) is 3.83. The molecule has 3 aromatic rings. The summed E-state index contributed by atoms with van der Waals surface area (Å²) in [4.78, 5) is 11.4. The second kappa shape index (κ2) is 6.49. The third kappa shape index (κ3) is 2.79. The molecule has 26 heavy (non-hydrogen) atoms. The van der Waals surface area contributed by atoms with Crippen molar-refractivity contribution in [3.05, 3.63) is 40.4 Å². The number of fused-ring (bicyclic) bond motifs is 1. The molecule has 2 fully saturated rings. The van der Waals surface area contributed by atoms with Crippen LogP contribution in [-0.4, -0.2) is 39.1 Å². The summed E-state index contributed by atoms with van der Waals surface area (Å²) in [6.07, 6.45) is 7.66. The van der Waals surface area contributed by atoms with Crippen molar-refractivity contribution < 1.29 is 0 Å². The summed E-state index contributed by atoms with van der Waals surface area (Å²) in [5, 5.41) is 0.987. The van der Waals surface area contributed by atoms with E-state index in [0.717, 1.165) is 22.5 Å². The number of likely N-dealkylation sites (tertiary alicyclic amines) is 1. The van der Waals surface area contributed by atoms with E-state index in [2.05, 4.69) is 72.5 Å². The lowest BCUT2D eigenvalue weighted by molar-refractivity contribution is 0.0921. The van der Waals surface area contributed by atoms with E-state index in [9.17, 15) is 0 Å². The van der Waals surface area contributed by atoms with Gasteiger partial charge < -0.3 is 15.2 Å². The van der Waals surface area contributed by atoms with Crippen molar-refractivity contribution in [2.45, 2.75) is 25.3 Å². The van der Waals surface area contributed by atoms with Crippen LogP contribution in [0.2, 0.25) is 0 Å². The van der Waals surface area contributed by atoms with Crippen LogP contribution in [0.25, 0.3) is 22.2 Å². The molecule has 5 rings (SSSR count). The van der Waals surface area contributed by atoms with Gasteiger partial charge in [0.1, 0.15) is 17.8 Å². The Hall–Kier alpha value is -1.67. The van der Waals surface area contributed by atoms with Crippen LogP contribution in [0.4, 0.5) is 5.82 Å². The Morgan fingerprint density at radius 3 is 2.77 bits per heavy atom. The van der Waals surface area contributed by atoms with Gasteiger partial charge in [-0.1, -0.05) is 12.1 Å². The molecule has 5 nitrogen and oxygen atoms in total. The van der Waals surface area contributed by atoms with E-state index in [1.165, 1.54) is 48.0 Å². The number of halogens is 1. The maximum atomic E-state index is 6.25. The molecule has 1 aromatic carbocycles. The lowest BCUT2D eigenvalue weighted by Crippen LogP contribution is -2.43. The highest BCUT2D eigenvalue weighted by Crippen LogP contribution is 2.43. The minimum absolute atomic E-state index is 0.523. The maximum absolute atomic E-state index is 6.25. The predicted molar refractivity (Wildman–Crippen MR) is 113 cm³/mol. The molecule has 134 valence electrons. The number of rotatable bonds is 4. The number of anilines is 1. The molecule has 1 saturated heterocycles. The monoisotopic (exact) mass is 459 g/mol. The fourth-order valence-electron chi connectivity index (χ4n) is 4.27. The normalized spacial score (nSPS) is 23.0. The fourth-order valence-corrected chi connectivity index (χ4v) is 4.81. The Bertz CT molecular complexity index is 956. The summed E-state index contributed by atoms with van der Waals surface area (Å²) in [5.41, 5.74) is 9.54. The summed E-state index contributed by atoms with van der Waals surface area (Å²) < 4.78 is 3.56. The summed E-state index contributed by atoms with van der Waals surface area (Å²) in [5.74, 6) is 1.39. The van der Waals surface area contributed by atoms with E-state index >= 15 is 0 Å². The number of aromatic nitrogens is 3. The summed E-state index contributed by atoms with van der Waals surface area (Å²) >= 11 is 2.35. The highest BCUT2D eigenvalue weighted by atomic mass is 127. The van der Waals surface area contributed by atoms with Crippen molar-refractivity contribution in [1.82, 2.24) is 19.4 Å². The zero-order valence-corrected chi connectivity index (χ0v) is 16.8. The number of hydrogen-bond acceptors (Lipinski definition) is 4. The van der Waals surface area contributed by atoms with Crippen LogP contribution in [0.1, 0.15) is 25.3 Å². The predicted octanol–water partition coefficient (Wildman–Crippen LogP) is 3.94. The van der Waals surface area contributed by atoms with Crippen LogP contribution in [-0.2, 0) is 0 Å². The quantitative estimate of drug-likeness (QED) is 0.601. The first-order valence-electron chi connectivity index (χ1n) is 9.28. The lowest BCUT2D eigenvalue weighted by Gasteiger charge is -2.42. The van der Waals surface area contributed by atoms with Gasteiger partial charge in [-0.25, -0.2) is 9.97 Å². The van der Waals surface area contributed by atoms with Crippen LogP contribution in [0, 0.1) is 9.49 Å². The molecule has 2 N–H and O–H groups in total. The van der Waals surface area contributed by atoms with E-state index in [1.54, 1.807) is 6.33 Å². The minimum Gasteiger partial charge on any atom is -0.383 e. The molecular weight excluding hydrogens is 437 g/mol. The van der Waals surface area contributed by atoms with Crippen LogP contribution >= 0.6 is 22.6 Å². The van der Waals surface area contributed by atoms with E-state index in [0.29, 0.717) is 11.9 Å². The third-order valence-corrected chi connectivity index (χ3v) is 6.51.